The Bertz CT molecular complexity index is 322. The minimum Gasteiger partial charge on any atom is -0.481 e. The summed E-state index contributed by atoms with van der Waals surface area (Å²) in [5, 5.41) is 9.53. The van der Waals surface area contributed by atoms with Crippen molar-refractivity contribution >= 4 is 5.97 Å². The summed E-state index contributed by atoms with van der Waals surface area (Å²) in [5.41, 5.74) is -0.206. The monoisotopic (exact) mass is 250 g/mol. The highest BCUT2D eigenvalue weighted by Crippen LogP contribution is 2.47. The first kappa shape index (κ1) is 15.1. The minimum atomic E-state index is -0.619. The van der Waals surface area contributed by atoms with Crippen molar-refractivity contribution in [1.82, 2.24) is 0 Å². The molecule has 0 unspecified atom stereocenters. The maximum Gasteiger partial charge on any atom is 0.309 e. The fourth-order valence-electron chi connectivity index (χ4n) is 3.14. The first-order chi connectivity index (χ1) is 8.32. The molecule has 1 rings (SSSR count). The van der Waals surface area contributed by atoms with Crippen LogP contribution in [-0.4, -0.2) is 11.1 Å². The average molecular weight is 250 g/mol. The number of rotatable bonds is 4. The van der Waals surface area contributed by atoms with E-state index in [9.17, 15) is 9.90 Å². The lowest BCUT2D eigenvalue weighted by atomic mass is 9.62. The summed E-state index contributed by atoms with van der Waals surface area (Å²) in [7, 11) is 0. The van der Waals surface area contributed by atoms with Crippen LogP contribution in [-0.2, 0) is 4.79 Å². The number of unbranched alkanes of at least 4 members (excludes halogenated alkanes) is 1. The SMILES string of the molecule is C#CCCCC1(C(=O)O)CCC(C(C)(C)C)CC1. The molecule has 18 heavy (non-hydrogen) atoms. The minimum absolute atomic E-state index is 0.295. The molecule has 1 aliphatic rings. The van der Waals surface area contributed by atoms with Gasteiger partial charge in [-0.1, -0.05) is 20.8 Å². The van der Waals surface area contributed by atoms with Crippen LogP contribution >= 0.6 is 0 Å². The number of hydrogen-bond acceptors (Lipinski definition) is 1. The number of hydrogen-bond donors (Lipinski definition) is 1. The molecule has 1 aliphatic carbocycles. The molecule has 0 heterocycles. The molecular weight excluding hydrogens is 224 g/mol. The van der Waals surface area contributed by atoms with Gasteiger partial charge in [0.2, 0.25) is 0 Å². The second-order valence-electron chi connectivity index (χ2n) is 6.78. The van der Waals surface area contributed by atoms with Crippen molar-refractivity contribution in [2.24, 2.45) is 16.7 Å². The molecule has 0 spiro atoms. The van der Waals surface area contributed by atoms with Crippen LogP contribution in [0.1, 0.15) is 65.7 Å². The highest BCUT2D eigenvalue weighted by molar-refractivity contribution is 5.74. The zero-order valence-electron chi connectivity index (χ0n) is 12.0. The summed E-state index contributed by atoms with van der Waals surface area (Å²) in [4.78, 5) is 11.6. The Hall–Kier alpha value is -0.970. The van der Waals surface area contributed by atoms with Crippen LogP contribution in [0.2, 0.25) is 0 Å². The van der Waals surface area contributed by atoms with Gasteiger partial charge in [-0.05, 0) is 49.9 Å². The maximum atomic E-state index is 11.6. The van der Waals surface area contributed by atoms with Gasteiger partial charge in [-0.15, -0.1) is 12.3 Å². The molecule has 0 radical (unpaired) electrons. The van der Waals surface area contributed by atoms with Crippen molar-refractivity contribution in [1.29, 1.82) is 0 Å². The topological polar surface area (TPSA) is 37.3 Å². The van der Waals surface area contributed by atoms with Gasteiger partial charge in [-0.3, -0.25) is 4.79 Å². The van der Waals surface area contributed by atoms with Gasteiger partial charge in [0.1, 0.15) is 0 Å². The normalized spacial score (nSPS) is 28.7. The molecule has 0 aromatic heterocycles. The van der Waals surface area contributed by atoms with Gasteiger partial charge in [0, 0.05) is 6.42 Å². The lowest BCUT2D eigenvalue weighted by molar-refractivity contribution is -0.153. The van der Waals surface area contributed by atoms with Gasteiger partial charge in [0.15, 0.2) is 0 Å². The van der Waals surface area contributed by atoms with Crippen LogP contribution in [0.4, 0.5) is 0 Å². The fraction of sp³-hybridized carbons (Fsp3) is 0.812. The molecule has 1 N–H and O–H groups in total. The smallest absolute Gasteiger partial charge is 0.309 e. The lowest BCUT2D eigenvalue weighted by Gasteiger charge is -2.41. The number of terminal acetylenes is 1. The van der Waals surface area contributed by atoms with Crippen molar-refractivity contribution in [2.45, 2.75) is 65.7 Å². The predicted octanol–water partition coefficient (Wildman–Crippen LogP) is 4.10. The quantitative estimate of drug-likeness (QED) is 0.602. The molecule has 1 saturated carbocycles. The Morgan fingerprint density at radius 3 is 2.33 bits per heavy atom. The van der Waals surface area contributed by atoms with Crippen LogP contribution in [0.5, 0.6) is 0 Å². The van der Waals surface area contributed by atoms with E-state index in [4.69, 9.17) is 6.42 Å². The van der Waals surface area contributed by atoms with E-state index >= 15 is 0 Å². The molecule has 0 saturated heterocycles. The second kappa shape index (κ2) is 5.78. The van der Waals surface area contributed by atoms with Crippen LogP contribution in [0.15, 0.2) is 0 Å². The summed E-state index contributed by atoms with van der Waals surface area (Å²) < 4.78 is 0. The van der Waals surface area contributed by atoms with Crippen LogP contribution in [0.3, 0.4) is 0 Å². The Labute approximate surface area is 111 Å². The summed E-state index contributed by atoms with van der Waals surface area (Å²) >= 11 is 0. The molecule has 2 nitrogen and oxygen atoms in total. The molecule has 0 aromatic carbocycles. The Balaban J connectivity index is 2.63. The molecule has 0 aromatic rings. The molecule has 2 heteroatoms. The van der Waals surface area contributed by atoms with E-state index in [-0.39, 0.29) is 0 Å². The van der Waals surface area contributed by atoms with Gasteiger partial charge >= 0.3 is 5.97 Å². The summed E-state index contributed by atoms with van der Waals surface area (Å²) in [6, 6.07) is 0. The lowest BCUT2D eigenvalue weighted by Crippen LogP contribution is -2.38. The second-order valence-corrected chi connectivity index (χ2v) is 6.78. The molecule has 102 valence electrons. The fourth-order valence-corrected chi connectivity index (χ4v) is 3.14. The predicted molar refractivity (Wildman–Crippen MR) is 74.2 cm³/mol. The average Bonchev–Trinajstić information content (AvgIpc) is 2.28. The summed E-state index contributed by atoms with van der Waals surface area (Å²) in [6.07, 6.45) is 11.2. The van der Waals surface area contributed by atoms with Crippen molar-refractivity contribution < 1.29 is 9.90 Å². The van der Waals surface area contributed by atoms with Crippen LogP contribution in [0, 0.1) is 29.1 Å². The van der Waals surface area contributed by atoms with Crippen molar-refractivity contribution in [3.05, 3.63) is 0 Å². The first-order valence-corrected chi connectivity index (χ1v) is 6.99. The van der Waals surface area contributed by atoms with E-state index in [0.717, 1.165) is 38.5 Å². The van der Waals surface area contributed by atoms with Gasteiger partial charge in [-0.2, -0.15) is 0 Å². The number of aliphatic carboxylic acids is 1. The molecule has 0 aliphatic heterocycles. The molecule has 0 atom stereocenters. The van der Waals surface area contributed by atoms with E-state index in [0.29, 0.717) is 17.8 Å². The zero-order valence-corrected chi connectivity index (χ0v) is 12.0. The largest absolute Gasteiger partial charge is 0.481 e. The van der Waals surface area contributed by atoms with E-state index in [1.807, 2.05) is 0 Å². The van der Waals surface area contributed by atoms with E-state index in [1.54, 1.807) is 0 Å². The van der Waals surface area contributed by atoms with Gasteiger partial charge < -0.3 is 5.11 Å². The maximum absolute atomic E-state index is 11.6. The molecule has 1 fully saturated rings. The first-order valence-electron chi connectivity index (χ1n) is 6.99. The van der Waals surface area contributed by atoms with Gasteiger partial charge in [0.05, 0.1) is 5.41 Å². The Kier molecular flexibility index (Phi) is 4.85. The van der Waals surface area contributed by atoms with Crippen molar-refractivity contribution in [3.63, 3.8) is 0 Å². The number of carbonyl (C=O) groups is 1. The van der Waals surface area contributed by atoms with Gasteiger partial charge in [-0.25, -0.2) is 0 Å². The van der Waals surface area contributed by atoms with Gasteiger partial charge in [0.25, 0.3) is 0 Å². The van der Waals surface area contributed by atoms with E-state index in [1.165, 1.54) is 0 Å². The molecular formula is C16H26O2. The third-order valence-corrected chi connectivity index (χ3v) is 4.60. The standard InChI is InChI=1S/C16H26O2/c1-5-6-7-10-16(14(17)18)11-8-13(9-12-16)15(2,3)4/h1,13H,6-12H2,2-4H3,(H,17,18). The molecule has 0 bridgehead atoms. The summed E-state index contributed by atoms with van der Waals surface area (Å²) in [5.74, 6) is 2.64. The highest BCUT2D eigenvalue weighted by Gasteiger charge is 2.43. The molecule has 0 amide bonds. The third-order valence-electron chi connectivity index (χ3n) is 4.60. The number of carboxylic acid groups (broad SMARTS) is 1. The van der Waals surface area contributed by atoms with E-state index < -0.39 is 11.4 Å². The zero-order chi connectivity index (χ0) is 13.8. The van der Waals surface area contributed by atoms with Crippen molar-refractivity contribution in [2.75, 3.05) is 0 Å². The van der Waals surface area contributed by atoms with E-state index in [2.05, 4.69) is 26.7 Å². The third kappa shape index (κ3) is 3.51. The summed E-state index contributed by atoms with van der Waals surface area (Å²) in [6.45, 7) is 6.76. The van der Waals surface area contributed by atoms with Crippen LogP contribution in [0.25, 0.3) is 0 Å². The van der Waals surface area contributed by atoms with Crippen LogP contribution < -0.4 is 0 Å². The van der Waals surface area contributed by atoms with Crippen molar-refractivity contribution in [3.8, 4) is 12.3 Å². The highest BCUT2D eigenvalue weighted by atomic mass is 16.4. The Morgan fingerprint density at radius 1 is 1.39 bits per heavy atom. The Morgan fingerprint density at radius 2 is 1.94 bits per heavy atom. The number of carboxylic acids is 1.